The number of anilines is 1. The van der Waals surface area contributed by atoms with E-state index in [0.29, 0.717) is 41.4 Å². The number of rotatable bonds is 7. The highest BCUT2D eigenvalue weighted by Gasteiger charge is 2.44. The van der Waals surface area contributed by atoms with E-state index < -0.39 is 5.95 Å². The predicted molar refractivity (Wildman–Crippen MR) is 135 cm³/mol. The van der Waals surface area contributed by atoms with Gasteiger partial charge in [0.2, 0.25) is 5.88 Å². The van der Waals surface area contributed by atoms with Crippen LogP contribution in [0.2, 0.25) is 0 Å². The SMILES string of the molecule is CCOc1cc(-c2ccc(N3CC4CC(C3)N4Cc3ccc(OC)nc3)nc2)c2c(C#N)c(F)nn2c1. The van der Waals surface area contributed by atoms with Crippen LogP contribution < -0.4 is 14.4 Å². The van der Waals surface area contributed by atoms with Crippen LogP contribution in [0, 0.1) is 17.3 Å². The summed E-state index contributed by atoms with van der Waals surface area (Å²) >= 11 is 0. The second kappa shape index (κ2) is 9.33. The Morgan fingerprint density at radius 2 is 1.97 bits per heavy atom. The van der Waals surface area contributed by atoms with Gasteiger partial charge in [0.1, 0.15) is 23.2 Å². The molecule has 3 aliphatic rings. The maximum absolute atomic E-state index is 14.3. The van der Waals surface area contributed by atoms with E-state index in [1.54, 1.807) is 25.6 Å². The van der Waals surface area contributed by atoms with Crippen LogP contribution in [0.15, 0.2) is 48.9 Å². The van der Waals surface area contributed by atoms with E-state index in [9.17, 15) is 9.65 Å². The van der Waals surface area contributed by atoms with Crippen LogP contribution in [0.25, 0.3) is 16.6 Å². The molecular weight excluding hydrogens is 473 g/mol. The van der Waals surface area contributed by atoms with Gasteiger partial charge >= 0.3 is 0 Å². The van der Waals surface area contributed by atoms with E-state index in [0.717, 1.165) is 31.0 Å². The van der Waals surface area contributed by atoms with Gasteiger partial charge in [-0.2, -0.15) is 9.65 Å². The molecule has 2 bridgehead atoms. The molecule has 3 saturated heterocycles. The van der Waals surface area contributed by atoms with Crippen LogP contribution in [-0.4, -0.2) is 63.4 Å². The summed E-state index contributed by atoms with van der Waals surface area (Å²) in [6, 6.07) is 12.6. The second-order valence-corrected chi connectivity index (χ2v) is 9.33. The van der Waals surface area contributed by atoms with Crippen LogP contribution in [0.4, 0.5) is 10.2 Å². The highest BCUT2D eigenvalue weighted by molar-refractivity contribution is 5.85. The molecule has 3 fully saturated rings. The summed E-state index contributed by atoms with van der Waals surface area (Å²) in [6.07, 6.45) is 6.42. The maximum atomic E-state index is 14.3. The summed E-state index contributed by atoms with van der Waals surface area (Å²) in [6.45, 7) is 5.02. The summed E-state index contributed by atoms with van der Waals surface area (Å²) in [7, 11) is 1.62. The van der Waals surface area contributed by atoms with Gasteiger partial charge in [-0.25, -0.2) is 14.5 Å². The number of nitrogens with zero attached hydrogens (tertiary/aromatic N) is 7. The first-order valence-corrected chi connectivity index (χ1v) is 12.3. The molecule has 0 aromatic carbocycles. The van der Waals surface area contributed by atoms with Crippen LogP contribution in [-0.2, 0) is 6.54 Å². The van der Waals surface area contributed by atoms with Crippen molar-refractivity contribution >= 4 is 11.3 Å². The van der Waals surface area contributed by atoms with E-state index in [1.165, 1.54) is 16.5 Å². The van der Waals surface area contributed by atoms with Crippen molar-refractivity contribution < 1.29 is 13.9 Å². The highest BCUT2D eigenvalue weighted by atomic mass is 19.1. The molecule has 2 unspecified atom stereocenters. The second-order valence-electron chi connectivity index (χ2n) is 9.33. The van der Waals surface area contributed by atoms with Gasteiger partial charge in [-0.3, -0.25) is 4.90 Å². The van der Waals surface area contributed by atoms with E-state index in [-0.39, 0.29) is 5.56 Å². The molecule has 9 nitrogen and oxygen atoms in total. The Hall–Kier alpha value is -4.23. The van der Waals surface area contributed by atoms with Gasteiger partial charge in [-0.1, -0.05) is 6.07 Å². The Kier molecular flexibility index (Phi) is 5.85. The van der Waals surface area contributed by atoms with Gasteiger partial charge < -0.3 is 14.4 Å². The lowest BCUT2D eigenvalue weighted by atomic mass is 9.87. The molecule has 7 rings (SSSR count). The number of fused-ring (bicyclic) bond motifs is 3. The number of hydrogen-bond acceptors (Lipinski definition) is 8. The van der Waals surface area contributed by atoms with Crippen molar-refractivity contribution in [2.45, 2.75) is 32.0 Å². The van der Waals surface area contributed by atoms with Crippen LogP contribution in [0.5, 0.6) is 11.6 Å². The van der Waals surface area contributed by atoms with Crippen molar-refractivity contribution in [3.8, 4) is 28.8 Å². The zero-order valence-electron chi connectivity index (χ0n) is 20.6. The Morgan fingerprint density at radius 1 is 1.14 bits per heavy atom. The number of piperazine rings is 1. The number of aromatic nitrogens is 4. The third-order valence-corrected chi connectivity index (χ3v) is 7.18. The third kappa shape index (κ3) is 4.11. The topological polar surface area (TPSA) is 91.8 Å². The number of ether oxygens (including phenoxy) is 2. The van der Waals surface area contributed by atoms with E-state index in [1.807, 2.05) is 37.4 Å². The first kappa shape index (κ1) is 23.2. The Bertz CT molecular complexity index is 1470. The van der Waals surface area contributed by atoms with Gasteiger partial charge in [0.25, 0.3) is 5.95 Å². The number of hydrogen-bond donors (Lipinski definition) is 0. The number of methoxy groups -OCH3 is 1. The lowest BCUT2D eigenvalue weighted by molar-refractivity contribution is -0.00876. The van der Waals surface area contributed by atoms with Crippen molar-refractivity contribution in [2.75, 3.05) is 31.7 Å². The summed E-state index contributed by atoms with van der Waals surface area (Å²) < 4.78 is 26.5. The van der Waals surface area contributed by atoms with E-state index in [4.69, 9.17) is 14.5 Å². The Morgan fingerprint density at radius 3 is 2.62 bits per heavy atom. The number of piperidine rings is 1. The third-order valence-electron chi connectivity index (χ3n) is 7.18. The smallest absolute Gasteiger partial charge is 0.251 e. The van der Waals surface area contributed by atoms with E-state index in [2.05, 4.69) is 25.9 Å². The van der Waals surface area contributed by atoms with Crippen molar-refractivity contribution in [3.63, 3.8) is 0 Å². The summed E-state index contributed by atoms with van der Waals surface area (Å²) in [4.78, 5) is 13.9. The molecule has 0 N–H and O–H groups in total. The molecule has 0 spiro atoms. The largest absolute Gasteiger partial charge is 0.492 e. The molecule has 0 saturated carbocycles. The fraction of sp³-hybridized carbons (Fsp3) is 0.333. The minimum absolute atomic E-state index is 0.0922. The zero-order valence-corrected chi connectivity index (χ0v) is 20.6. The molecule has 188 valence electrons. The molecule has 0 amide bonds. The number of pyridine rings is 3. The molecule has 10 heteroatoms. The first-order chi connectivity index (χ1) is 18.1. The van der Waals surface area contributed by atoms with E-state index >= 15 is 0 Å². The summed E-state index contributed by atoms with van der Waals surface area (Å²) in [5.74, 6) is 1.27. The highest BCUT2D eigenvalue weighted by Crippen LogP contribution is 2.36. The average Bonchev–Trinajstić information content (AvgIpc) is 3.26. The first-order valence-electron chi connectivity index (χ1n) is 12.3. The van der Waals surface area contributed by atoms with Gasteiger partial charge in [0.15, 0.2) is 0 Å². The quantitative estimate of drug-likeness (QED) is 0.380. The fourth-order valence-corrected chi connectivity index (χ4v) is 5.39. The zero-order chi connectivity index (χ0) is 25.5. The van der Waals surface area contributed by atoms with Gasteiger partial charge in [0.05, 0.1) is 25.4 Å². The number of nitriles is 1. The molecule has 3 aliphatic heterocycles. The molecular formula is C27H26FN7O2. The monoisotopic (exact) mass is 499 g/mol. The summed E-state index contributed by atoms with van der Waals surface area (Å²) in [5.41, 5.74) is 2.91. The van der Waals surface area contributed by atoms with Crippen molar-refractivity contribution in [3.05, 3.63) is 66.0 Å². The minimum Gasteiger partial charge on any atom is -0.492 e. The van der Waals surface area contributed by atoms with Gasteiger partial charge in [-0.05, 0) is 37.1 Å². The Balaban J connectivity index is 1.21. The molecule has 37 heavy (non-hydrogen) atoms. The van der Waals surface area contributed by atoms with Crippen molar-refractivity contribution in [1.29, 1.82) is 5.26 Å². The Labute approximate surface area is 213 Å². The molecule has 0 radical (unpaired) electrons. The molecule has 2 atom stereocenters. The predicted octanol–water partition coefficient (Wildman–Crippen LogP) is 3.67. The van der Waals surface area contributed by atoms with Crippen molar-refractivity contribution in [2.24, 2.45) is 0 Å². The number of halogens is 1. The average molecular weight is 500 g/mol. The maximum Gasteiger partial charge on any atom is 0.251 e. The lowest BCUT2D eigenvalue weighted by Crippen LogP contribution is -2.68. The molecule has 4 aromatic rings. The van der Waals surface area contributed by atoms with Crippen LogP contribution >= 0.6 is 0 Å². The fourth-order valence-electron chi connectivity index (χ4n) is 5.39. The molecule has 4 aromatic heterocycles. The minimum atomic E-state index is -0.801. The van der Waals surface area contributed by atoms with Crippen LogP contribution in [0.3, 0.4) is 0 Å². The molecule has 7 heterocycles. The van der Waals surface area contributed by atoms with Crippen molar-refractivity contribution in [1.82, 2.24) is 24.5 Å². The standard InChI is InChI=1S/C27H26FN7O2/c1-3-37-21-9-22(26-23(10-29)27(28)32-35(26)16-21)18-5-6-24(30-12-18)33-14-19-8-20(15-33)34(19)13-17-4-7-25(36-2)31-11-17/h4-7,9,11-12,16,19-20H,3,8,13-15H2,1-2H3. The van der Waals surface area contributed by atoms with Gasteiger partial charge in [0, 0.05) is 61.3 Å². The molecule has 0 aliphatic carbocycles. The van der Waals surface area contributed by atoms with Gasteiger partial charge in [-0.15, -0.1) is 5.10 Å². The summed E-state index contributed by atoms with van der Waals surface area (Å²) in [5, 5.41) is 13.4. The normalized spacial score (nSPS) is 18.9. The lowest BCUT2D eigenvalue weighted by Gasteiger charge is -2.56. The van der Waals surface area contributed by atoms with Crippen LogP contribution in [0.1, 0.15) is 24.5 Å².